The summed E-state index contributed by atoms with van der Waals surface area (Å²) in [5.74, 6) is 0.271. The molecule has 1 saturated heterocycles. The maximum Gasteiger partial charge on any atom is 0.156 e. The monoisotopic (exact) mass is 318 g/mol. The number of piperidine rings is 1. The molecule has 0 bridgehead atoms. The van der Waals surface area contributed by atoms with Crippen LogP contribution in [-0.2, 0) is 9.84 Å². The molecule has 126 valence electrons. The van der Waals surface area contributed by atoms with Gasteiger partial charge in [-0.3, -0.25) is 4.90 Å². The van der Waals surface area contributed by atoms with Gasteiger partial charge >= 0.3 is 0 Å². The lowest BCUT2D eigenvalue weighted by Gasteiger charge is -2.40. The van der Waals surface area contributed by atoms with Crippen molar-refractivity contribution in [3.05, 3.63) is 0 Å². The second-order valence-electron chi connectivity index (χ2n) is 7.27. The van der Waals surface area contributed by atoms with Gasteiger partial charge in [-0.05, 0) is 60.0 Å². The van der Waals surface area contributed by atoms with E-state index in [-0.39, 0.29) is 5.75 Å². The van der Waals surface area contributed by atoms with Crippen LogP contribution in [0.1, 0.15) is 60.3 Å². The van der Waals surface area contributed by atoms with Crippen molar-refractivity contribution in [1.29, 1.82) is 0 Å². The van der Waals surface area contributed by atoms with Crippen molar-refractivity contribution in [1.82, 2.24) is 10.2 Å². The van der Waals surface area contributed by atoms with Gasteiger partial charge in [-0.25, -0.2) is 8.42 Å². The minimum absolute atomic E-state index is 0.271. The summed E-state index contributed by atoms with van der Waals surface area (Å²) in [5, 5.41) is 3.57. The van der Waals surface area contributed by atoms with Gasteiger partial charge in [-0.2, -0.15) is 0 Å². The third-order valence-corrected chi connectivity index (χ3v) is 7.12. The van der Waals surface area contributed by atoms with Crippen LogP contribution < -0.4 is 5.32 Å². The first-order chi connectivity index (χ1) is 9.69. The molecule has 2 unspecified atom stereocenters. The summed E-state index contributed by atoms with van der Waals surface area (Å²) >= 11 is 0. The maximum absolute atomic E-state index is 12.3. The molecular weight excluding hydrogens is 284 g/mol. The summed E-state index contributed by atoms with van der Waals surface area (Å²) in [7, 11) is -3.03. The number of hydrogen-bond donors (Lipinski definition) is 1. The van der Waals surface area contributed by atoms with Gasteiger partial charge in [0, 0.05) is 18.6 Å². The van der Waals surface area contributed by atoms with Gasteiger partial charge in [0.2, 0.25) is 0 Å². The average molecular weight is 319 g/mol. The van der Waals surface area contributed by atoms with Gasteiger partial charge in [0.15, 0.2) is 9.84 Å². The van der Waals surface area contributed by atoms with E-state index in [0.29, 0.717) is 18.6 Å². The molecular formula is C16H34N2O2S. The Kier molecular flexibility index (Phi) is 7.14. The molecule has 4 nitrogen and oxygen atoms in total. The molecule has 1 fully saturated rings. The third-order valence-electron chi connectivity index (χ3n) is 4.54. The zero-order chi connectivity index (χ0) is 16.1. The standard InChI is InChI=1S/C16H34N2O2S/c1-6-10-17-14(2)15-9-7-8-11-18(15)12-13-21(19,20)16(3,4)5/h14-15,17H,6-13H2,1-5H3. The van der Waals surface area contributed by atoms with Gasteiger partial charge in [-0.15, -0.1) is 0 Å². The Balaban J connectivity index is 2.62. The van der Waals surface area contributed by atoms with Crippen LogP contribution in [0.15, 0.2) is 0 Å². The van der Waals surface area contributed by atoms with Crippen LogP contribution in [0.4, 0.5) is 0 Å². The van der Waals surface area contributed by atoms with Crippen molar-refractivity contribution in [2.24, 2.45) is 0 Å². The number of nitrogens with zero attached hydrogens (tertiary/aromatic N) is 1. The second-order valence-corrected chi connectivity index (χ2v) is 10.1. The molecule has 5 heteroatoms. The molecule has 1 rings (SSSR count). The van der Waals surface area contributed by atoms with Crippen LogP contribution >= 0.6 is 0 Å². The fourth-order valence-corrected chi connectivity index (χ4v) is 4.00. The maximum atomic E-state index is 12.3. The number of hydrogen-bond acceptors (Lipinski definition) is 4. The van der Waals surface area contributed by atoms with Crippen LogP contribution in [0.5, 0.6) is 0 Å². The van der Waals surface area contributed by atoms with Crippen molar-refractivity contribution in [3.8, 4) is 0 Å². The van der Waals surface area contributed by atoms with E-state index in [1.807, 2.05) is 0 Å². The summed E-state index contributed by atoms with van der Waals surface area (Å²) in [6.45, 7) is 12.5. The molecule has 21 heavy (non-hydrogen) atoms. The first-order valence-electron chi connectivity index (χ1n) is 8.39. The molecule has 0 aliphatic carbocycles. The lowest BCUT2D eigenvalue weighted by atomic mass is 9.96. The van der Waals surface area contributed by atoms with Crippen molar-refractivity contribution >= 4 is 9.84 Å². The molecule has 0 saturated carbocycles. The van der Waals surface area contributed by atoms with E-state index in [1.165, 1.54) is 19.3 Å². The fraction of sp³-hybridized carbons (Fsp3) is 1.00. The van der Waals surface area contributed by atoms with Crippen LogP contribution in [0.2, 0.25) is 0 Å². The summed E-state index contributed by atoms with van der Waals surface area (Å²) in [4.78, 5) is 2.39. The number of likely N-dealkylation sites (tertiary alicyclic amines) is 1. The number of rotatable bonds is 7. The van der Waals surface area contributed by atoms with Crippen molar-refractivity contribution < 1.29 is 8.42 Å². The Hall–Kier alpha value is -0.130. The topological polar surface area (TPSA) is 49.4 Å². The largest absolute Gasteiger partial charge is 0.313 e. The molecule has 1 aliphatic heterocycles. The Morgan fingerprint density at radius 2 is 1.95 bits per heavy atom. The number of nitrogens with one attached hydrogen (secondary N) is 1. The molecule has 1 aliphatic rings. The first-order valence-corrected chi connectivity index (χ1v) is 10.0. The lowest BCUT2D eigenvalue weighted by Crippen LogP contribution is -2.52. The Morgan fingerprint density at radius 3 is 2.52 bits per heavy atom. The summed E-state index contributed by atoms with van der Waals surface area (Å²) in [5.41, 5.74) is 0. The van der Waals surface area contributed by atoms with Gasteiger partial charge in [0.05, 0.1) is 10.5 Å². The van der Waals surface area contributed by atoms with E-state index in [1.54, 1.807) is 20.8 Å². The normalized spacial score (nSPS) is 23.2. The molecule has 0 amide bonds. The molecule has 0 radical (unpaired) electrons. The quantitative estimate of drug-likeness (QED) is 0.783. The van der Waals surface area contributed by atoms with Gasteiger partial charge < -0.3 is 5.32 Å². The van der Waals surface area contributed by atoms with Gasteiger partial charge in [0.25, 0.3) is 0 Å². The number of sulfone groups is 1. The average Bonchev–Trinajstić information content (AvgIpc) is 2.41. The predicted molar refractivity (Wildman–Crippen MR) is 90.5 cm³/mol. The SMILES string of the molecule is CCCNC(C)C1CCCCN1CCS(=O)(=O)C(C)(C)C. The molecule has 0 aromatic heterocycles. The summed E-state index contributed by atoms with van der Waals surface area (Å²) < 4.78 is 24.0. The van der Waals surface area contributed by atoms with E-state index in [0.717, 1.165) is 19.5 Å². The predicted octanol–water partition coefficient (Wildman–Crippen LogP) is 2.44. The van der Waals surface area contributed by atoms with Crippen LogP contribution in [0.3, 0.4) is 0 Å². The van der Waals surface area contributed by atoms with E-state index >= 15 is 0 Å². The molecule has 0 aromatic rings. The van der Waals surface area contributed by atoms with Gasteiger partial charge in [-0.1, -0.05) is 13.3 Å². The Morgan fingerprint density at radius 1 is 1.29 bits per heavy atom. The fourth-order valence-electron chi connectivity index (χ4n) is 2.91. The summed E-state index contributed by atoms with van der Waals surface area (Å²) in [6, 6.07) is 0.906. The van der Waals surface area contributed by atoms with E-state index in [9.17, 15) is 8.42 Å². The Labute approximate surface area is 131 Å². The van der Waals surface area contributed by atoms with Crippen LogP contribution in [-0.4, -0.2) is 55.5 Å². The highest BCUT2D eigenvalue weighted by Gasteiger charge is 2.32. The molecule has 2 atom stereocenters. The lowest BCUT2D eigenvalue weighted by molar-refractivity contribution is 0.126. The molecule has 0 aromatic carbocycles. The summed E-state index contributed by atoms with van der Waals surface area (Å²) in [6.07, 6.45) is 4.75. The van der Waals surface area contributed by atoms with Crippen molar-refractivity contribution in [2.45, 2.75) is 77.1 Å². The molecule has 1 heterocycles. The van der Waals surface area contributed by atoms with Crippen molar-refractivity contribution in [2.75, 3.05) is 25.4 Å². The van der Waals surface area contributed by atoms with E-state index < -0.39 is 14.6 Å². The van der Waals surface area contributed by atoms with E-state index in [4.69, 9.17) is 0 Å². The van der Waals surface area contributed by atoms with Crippen molar-refractivity contribution in [3.63, 3.8) is 0 Å². The highest BCUT2D eigenvalue weighted by Crippen LogP contribution is 2.22. The minimum atomic E-state index is -3.03. The third kappa shape index (κ3) is 5.53. The Bertz CT molecular complexity index is 401. The highest BCUT2D eigenvalue weighted by atomic mass is 32.2. The molecule has 0 spiro atoms. The van der Waals surface area contributed by atoms with Crippen LogP contribution in [0, 0.1) is 0 Å². The first kappa shape index (κ1) is 18.9. The smallest absolute Gasteiger partial charge is 0.156 e. The highest BCUT2D eigenvalue weighted by molar-refractivity contribution is 7.92. The van der Waals surface area contributed by atoms with Gasteiger partial charge in [0.1, 0.15) is 0 Å². The van der Waals surface area contributed by atoms with Crippen LogP contribution in [0.25, 0.3) is 0 Å². The van der Waals surface area contributed by atoms with E-state index in [2.05, 4.69) is 24.1 Å². The zero-order valence-electron chi connectivity index (χ0n) is 14.5. The molecule has 1 N–H and O–H groups in total. The zero-order valence-corrected chi connectivity index (χ0v) is 15.3. The minimum Gasteiger partial charge on any atom is -0.313 e. The second kappa shape index (κ2) is 7.93.